The molecule has 0 spiro atoms. The molecule has 44 heavy (non-hydrogen) atoms. The summed E-state index contributed by atoms with van der Waals surface area (Å²) in [5.41, 5.74) is 12.9. The monoisotopic (exact) mass is 563 g/mol. The molecular weight excluding hydrogens is 534 g/mol. The summed E-state index contributed by atoms with van der Waals surface area (Å²) in [6.45, 7) is 4.68. The van der Waals surface area contributed by atoms with Crippen molar-refractivity contribution in [1.29, 1.82) is 0 Å². The quantitative estimate of drug-likeness (QED) is 0.214. The molecule has 0 saturated heterocycles. The number of hydrogen-bond donors (Lipinski definition) is 0. The van der Waals surface area contributed by atoms with Gasteiger partial charge in [0.1, 0.15) is 0 Å². The van der Waals surface area contributed by atoms with Crippen LogP contribution in [-0.4, -0.2) is 14.5 Å². The second kappa shape index (κ2) is 9.23. The van der Waals surface area contributed by atoms with Gasteiger partial charge in [0.15, 0.2) is 0 Å². The van der Waals surface area contributed by atoms with Crippen molar-refractivity contribution in [1.82, 2.24) is 14.5 Å². The van der Waals surface area contributed by atoms with Crippen molar-refractivity contribution < 1.29 is 0 Å². The standard InChI is InChI=1S/C41H29N3/c1-41(2)34-20-9-6-15-29(34)30-24-23-27(25-35(30)41)28-18-12-19-32-31-16-8-11-22-37(31)44(39(28)32)40-42-36-21-10-7-17-33(36)38(43-40)26-13-4-3-5-14-26/h3-25H,1-2H3. The Bertz CT molecular complexity index is 2410. The highest BCUT2D eigenvalue weighted by molar-refractivity contribution is 6.13. The van der Waals surface area contributed by atoms with E-state index >= 15 is 0 Å². The maximum absolute atomic E-state index is 5.31. The lowest BCUT2D eigenvalue weighted by molar-refractivity contribution is 0.660. The summed E-state index contributed by atoms with van der Waals surface area (Å²) in [5.74, 6) is 0.676. The molecule has 8 aromatic rings. The van der Waals surface area contributed by atoms with Gasteiger partial charge < -0.3 is 0 Å². The van der Waals surface area contributed by atoms with E-state index < -0.39 is 0 Å². The number of nitrogens with zero attached hydrogens (tertiary/aromatic N) is 3. The van der Waals surface area contributed by atoms with E-state index in [2.05, 4.69) is 152 Å². The fourth-order valence-corrected chi connectivity index (χ4v) is 7.31. The van der Waals surface area contributed by atoms with Crippen LogP contribution in [0.4, 0.5) is 0 Å². The Morgan fingerprint density at radius 1 is 0.500 bits per heavy atom. The summed E-state index contributed by atoms with van der Waals surface area (Å²) in [6.07, 6.45) is 0. The normalized spacial score (nSPS) is 13.4. The molecule has 3 heteroatoms. The highest BCUT2D eigenvalue weighted by Gasteiger charge is 2.35. The molecule has 0 aliphatic heterocycles. The molecule has 6 aromatic carbocycles. The molecule has 1 aliphatic rings. The van der Waals surface area contributed by atoms with Crippen molar-refractivity contribution >= 4 is 32.7 Å². The Morgan fingerprint density at radius 3 is 2.07 bits per heavy atom. The zero-order valence-corrected chi connectivity index (χ0v) is 24.6. The number of rotatable bonds is 3. The molecule has 0 amide bonds. The molecule has 0 radical (unpaired) electrons. The van der Waals surface area contributed by atoms with Gasteiger partial charge >= 0.3 is 0 Å². The summed E-state index contributed by atoms with van der Waals surface area (Å²) < 4.78 is 2.27. The third-order valence-electron chi connectivity index (χ3n) is 9.43. The largest absolute Gasteiger partial charge is 0.277 e. The first kappa shape index (κ1) is 25.0. The summed E-state index contributed by atoms with van der Waals surface area (Å²) in [6, 6.07) is 49.8. The van der Waals surface area contributed by atoms with E-state index in [1.807, 2.05) is 6.07 Å². The molecule has 0 saturated carbocycles. The van der Waals surface area contributed by atoms with E-state index in [1.54, 1.807) is 0 Å². The number of benzene rings is 6. The van der Waals surface area contributed by atoms with E-state index in [0.717, 1.165) is 33.2 Å². The van der Waals surface area contributed by atoms with Crippen LogP contribution in [0.1, 0.15) is 25.0 Å². The maximum Gasteiger partial charge on any atom is 0.235 e. The number of aromatic nitrogens is 3. The lowest BCUT2D eigenvalue weighted by Gasteiger charge is -2.22. The van der Waals surface area contributed by atoms with Crippen LogP contribution in [0.2, 0.25) is 0 Å². The molecule has 3 nitrogen and oxygen atoms in total. The minimum absolute atomic E-state index is 0.0748. The Hall–Kier alpha value is -5.54. The Kier molecular flexibility index (Phi) is 5.24. The zero-order valence-electron chi connectivity index (χ0n) is 24.6. The fourth-order valence-electron chi connectivity index (χ4n) is 7.31. The van der Waals surface area contributed by atoms with E-state index in [1.165, 1.54) is 44.2 Å². The van der Waals surface area contributed by atoms with Crippen molar-refractivity contribution in [2.75, 3.05) is 0 Å². The van der Waals surface area contributed by atoms with Crippen molar-refractivity contribution in [2.24, 2.45) is 0 Å². The number of para-hydroxylation sites is 3. The average Bonchev–Trinajstić information content (AvgIpc) is 3.53. The molecule has 0 bridgehead atoms. The minimum Gasteiger partial charge on any atom is -0.277 e. The Labute approximate surface area is 256 Å². The van der Waals surface area contributed by atoms with Crippen LogP contribution in [0.25, 0.3) is 72.2 Å². The minimum atomic E-state index is -0.0748. The molecule has 0 unspecified atom stereocenters. The third-order valence-corrected chi connectivity index (χ3v) is 9.43. The topological polar surface area (TPSA) is 30.7 Å². The molecular formula is C41H29N3. The van der Waals surface area contributed by atoms with Crippen LogP contribution in [0.15, 0.2) is 140 Å². The highest BCUT2D eigenvalue weighted by atomic mass is 15.2. The molecule has 2 aromatic heterocycles. The predicted molar refractivity (Wildman–Crippen MR) is 182 cm³/mol. The lowest BCUT2D eigenvalue weighted by Crippen LogP contribution is -2.14. The first-order valence-electron chi connectivity index (χ1n) is 15.2. The summed E-state index contributed by atoms with van der Waals surface area (Å²) >= 11 is 0. The first-order valence-corrected chi connectivity index (χ1v) is 15.2. The van der Waals surface area contributed by atoms with Crippen molar-refractivity contribution in [2.45, 2.75) is 19.3 Å². The summed E-state index contributed by atoms with van der Waals surface area (Å²) in [7, 11) is 0. The lowest BCUT2D eigenvalue weighted by atomic mass is 9.81. The summed E-state index contributed by atoms with van der Waals surface area (Å²) in [4.78, 5) is 10.5. The van der Waals surface area contributed by atoms with Gasteiger partial charge in [-0.2, -0.15) is 0 Å². The van der Waals surface area contributed by atoms with Gasteiger partial charge in [-0.1, -0.05) is 135 Å². The van der Waals surface area contributed by atoms with E-state index in [9.17, 15) is 0 Å². The van der Waals surface area contributed by atoms with Gasteiger partial charge in [-0.25, -0.2) is 9.97 Å². The number of hydrogen-bond acceptors (Lipinski definition) is 2. The summed E-state index contributed by atoms with van der Waals surface area (Å²) in [5, 5.41) is 3.43. The molecule has 208 valence electrons. The van der Waals surface area contributed by atoms with Gasteiger partial charge in [-0.05, 0) is 46.0 Å². The van der Waals surface area contributed by atoms with Crippen molar-refractivity contribution in [3.63, 3.8) is 0 Å². The molecule has 9 rings (SSSR count). The van der Waals surface area contributed by atoms with Crippen molar-refractivity contribution in [3.05, 3.63) is 151 Å². The van der Waals surface area contributed by atoms with Gasteiger partial charge in [0.05, 0.1) is 22.2 Å². The third kappa shape index (κ3) is 3.50. The van der Waals surface area contributed by atoms with Gasteiger partial charge in [-0.15, -0.1) is 0 Å². The smallest absolute Gasteiger partial charge is 0.235 e. The molecule has 0 fully saturated rings. The Balaban J connectivity index is 1.35. The number of fused-ring (bicyclic) bond motifs is 7. The Morgan fingerprint density at radius 2 is 1.18 bits per heavy atom. The van der Waals surface area contributed by atoms with Gasteiger partial charge in [0.25, 0.3) is 0 Å². The molecule has 1 aliphatic carbocycles. The molecule has 0 atom stereocenters. The zero-order chi connectivity index (χ0) is 29.4. The highest BCUT2D eigenvalue weighted by Crippen LogP contribution is 2.50. The van der Waals surface area contributed by atoms with E-state index in [-0.39, 0.29) is 5.41 Å². The fraction of sp³-hybridized carbons (Fsp3) is 0.0732. The van der Waals surface area contributed by atoms with Crippen LogP contribution in [0.3, 0.4) is 0 Å². The van der Waals surface area contributed by atoms with Crippen LogP contribution in [0.5, 0.6) is 0 Å². The van der Waals surface area contributed by atoms with Crippen LogP contribution in [-0.2, 0) is 5.41 Å². The predicted octanol–water partition coefficient (Wildman–Crippen LogP) is 10.4. The first-order chi connectivity index (χ1) is 21.6. The van der Waals surface area contributed by atoms with Crippen molar-refractivity contribution in [3.8, 4) is 39.5 Å². The van der Waals surface area contributed by atoms with Crippen LogP contribution in [0, 0.1) is 0 Å². The van der Waals surface area contributed by atoms with Crippen LogP contribution >= 0.6 is 0 Å². The average molecular weight is 564 g/mol. The van der Waals surface area contributed by atoms with Crippen LogP contribution < -0.4 is 0 Å². The SMILES string of the molecule is CC1(C)c2ccccc2-c2ccc(-c3cccc4c5ccccc5n(-c5nc(-c6ccccc6)c6ccccc6n5)c34)cc21. The molecule has 2 heterocycles. The van der Waals surface area contributed by atoms with E-state index in [4.69, 9.17) is 9.97 Å². The molecule has 0 N–H and O–H groups in total. The second-order valence-electron chi connectivity index (χ2n) is 12.2. The van der Waals surface area contributed by atoms with E-state index in [0.29, 0.717) is 5.95 Å². The van der Waals surface area contributed by atoms with Gasteiger partial charge in [-0.3, -0.25) is 4.57 Å². The second-order valence-corrected chi connectivity index (χ2v) is 12.2. The van der Waals surface area contributed by atoms with Gasteiger partial charge in [0.2, 0.25) is 5.95 Å². The maximum atomic E-state index is 5.31. The van der Waals surface area contributed by atoms with Gasteiger partial charge in [0, 0.05) is 32.7 Å².